The lowest BCUT2D eigenvalue weighted by Crippen LogP contribution is -2.44. The quantitative estimate of drug-likeness (QED) is 0.245. The molecule has 3 heterocycles. The van der Waals surface area contributed by atoms with Crippen molar-refractivity contribution in [1.82, 2.24) is 19.9 Å². The van der Waals surface area contributed by atoms with Gasteiger partial charge in [0.05, 0.1) is 24.6 Å². The smallest absolute Gasteiger partial charge is 0.187 e. The number of anilines is 1. The van der Waals surface area contributed by atoms with Crippen molar-refractivity contribution in [2.24, 2.45) is 0 Å². The number of alkyl halides is 1. The van der Waals surface area contributed by atoms with E-state index in [4.69, 9.17) is 16.3 Å². The van der Waals surface area contributed by atoms with Gasteiger partial charge in [0.1, 0.15) is 11.2 Å². The van der Waals surface area contributed by atoms with Crippen LogP contribution in [0.2, 0.25) is 0 Å². The van der Waals surface area contributed by atoms with Crippen molar-refractivity contribution < 1.29 is 22.3 Å². The Kier molecular flexibility index (Phi) is 8.55. The van der Waals surface area contributed by atoms with Gasteiger partial charge in [-0.25, -0.2) is 17.5 Å². The van der Waals surface area contributed by atoms with Crippen molar-refractivity contribution in [2.45, 2.75) is 37.1 Å². The molecule has 0 spiro atoms. The van der Waals surface area contributed by atoms with Crippen LogP contribution in [0.15, 0.2) is 49.3 Å². The van der Waals surface area contributed by atoms with Gasteiger partial charge < -0.3 is 9.64 Å². The van der Waals surface area contributed by atoms with Crippen molar-refractivity contribution in [3.8, 4) is 0 Å². The zero-order valence-electron chi connectivity index (χ0n) is 19.7. The third-order valence-corrected chi connectivity index (χ3v) is 8.46. The highest BCUT2D eigenvalue weighted by Gasteiger charge is 2.35. The maximum atomic E-state index is 15.4. The first-order valence-electron chi connectivity index (χ1n) is 11.7. The van der Waals surface area contributed by atoms with Crippen LogP contribution >= 0.6 is 11.6 Å². The first kappa shape index (κ1) is 26.5. The molecule has 194 valence electrons. The Morgan fingerprint density at radius 1 is 1.33 bits per heavy atom. The van der Waals surface area contributed by atoms with E-state index in [0.717, 1.165) is 0 Å². The molecule has 2 aliphatic rings. The molecule has 12 heteroatoms. The van der Waals surface area contributed by atoms with E-state index in [-0.39, 0.29) is 11.9 Å². The van der Waals surface area contributed by atoms with Gasteiger partial charge in [0, 0.05) is 43.0 Å². The molecule has 0 amide bonds. The second-order valence-corrected chi connectivity index (χ2v) is 11.3. The second kappa shape index (κ2) is 11.6. The molecule has 1 saturated heterocycles. The molecule has 2 unspecified atom stereocenters. The Morgan fingerprint density at radius 3 is 2.83 bits per heavy atom. The molecule has 2 aliphatic heterocycles. The summed E-state index contributed by atoms with van der Waals surface area (Å²) in [7, 11) is -3.54. The average molecular weight is 538 g/mol. The summed E-state index contributed by atoms with van der Waals surface area (Å²) >= 11 is 5.82. The van der Waals surface area contributed by atoms with Gasteiger partial charge in [0.25, 0.3) is 0 Å². The highest BCUT2D eigenvalue weighted by Crippen LogP contribution is 2.33. The number of hydrogen-bond acceptors (Lipinski definition) is 8. The molecule has 1 aromatic carbocycles. The van der Waals surface area contributed by atoms with Crippen LogP contribution in [0.25, 0.3) is 5.57 Å². The van der Waals surface area contributed by atoms with E-state index < -0.39 is 27.3 Å². The summed E-state index contributed by atoms with van der Waals surface area (Å²) in [5, 5.41) is 6.81. The van der Waals surface area contributed by atoms with Crippen molar-refractivity contribution >= 4 is 39.0 Å². The zero-order valence-corrected chi connectivity index (χ0v) is 21.3. The topological polar surface area (TPSA) is 97.6 Å². The average Bonchev–Trinajstić information content (AvgIpc) is 3.52. The summed E-state index contributed by atoms with van der Waals surface area (Å²) in [6.45, 7) is 5.36. The van der Waals surface area contributed by atoms with Gasteiger partial charge in [-0.05, 0) is 42.7 Å². The van der Waals surface area contributed by atoms with Gasteiger partial charge in [-0.1, -0.05) is 11.3 Å². The summed E-state index contributed by atoms with van der Waals surface area (Å²) in [4.78, 5) is 15.2. The van der Waals surface area contributed by atoms with E-state index in [1.54, 1.807) is 40.2 Å². The number of halogens is 2. The number of rotatable bonds is 11. The molecular weight excluding hydrogens is 509 g/mol. The Balaban J connectivity index is 1.56. The van der Waals surface area contributed by atoms with Gasteiger partial charge in [0.2, 0.25) is 0 Å². The van der Waals surface area contributed by atoms with Gasteiger partial charge in [-0.3, -0.25) is 9.69 Å². The summed E-state index contributed by atoms with van der Waals surface area (Å²) in [5.74, 6) is -0.228. The Hall–Kier alpha value is -2.60. The van der Waals surface area contributed by atoms with Crippen LogP contribution in [-0.2, 0) is 25.9 Å². The van der Waals surface area contributed by atoms with E-state index in [9.17, 15) is 13.2 Å². The third-order valence-electron chi connectivity index (χ3n) is 6.32. The van der Waals surface area contributed by atoms with E-state index in [2.05, 4.69) is 16.9 Å². The van der Waals surface area contributed by atoms with Crippen molar-refractivity contribution in [3.63, 3.8) is 0 Å². The summed E-state index contributed by atoms with van der Waals surface area (Å²) in [5.41, 5.74) is 1.48. The minimum Gasteiger partial charge on any atom is -0.344 e. The monoisotopic (exact) mass is 537 g/mol. The van der Waals surface area contributed by atoms with E-state index in [1.807, 2.05) is 4.90 Å². The molecule has 0 radical (unpaired) electrons. The maximum absolute atomic E-state index is 15.4. The van der Waals surface area contributed by atoms with Crippen LogP contribution in [0.1, 0.15) is 18.4 Å². The molecule has 0 bridgehead atoms. The lowest BCUT2D eigenvalue weighted by Gasteiger charge is -2.34. The minimum absolute atomic E-state index is 0.169. The zero-order chi connectivity index (χ0) is 25.7. The lowest BCUT2D eigenvalue weighted by atomic mass is 9.98. The normalized spacial score (nSPS) is 23.0. The van der Waals surface area contributed by atoms with Crippen molar-refractivity contribution in [1.29, 1.82) is 0 Å². The van der Waals surface area contributed by atoms with Gasteiger partial charge in [0.15, 0.2) is 22.4 Å². The number of hydrogen-bond donors (Lipinski definition) is 0. The minimum atomic E-state index is -3.54. The molecule has 4 rings (SSSR count). The van der Waals surface area contributed by atoms with Crippen LogP contribution in [0.3, 0.4) is 0 Å². The molecule has 1 aromatic heterocycles. The number of carbonyl (C=O) groups excluding carboxylic acids is 1. The fourth-order valence-electron chi connectivity index (χ4n) is 4.65. The van der Waals surface area contributed by atoms with Crippen LogP contribution < -0.4 is 4.90 Å². The van der Waals surface area contributed by atoms with Gasteiger partial charge in [-0.2, -0.15) is 0 Å². The number of aromatic nitrogens is 3. The predicted molar refractivity (Wildman–Crippen MR) is 136 cm³/mol. The van der Waals surface area contributed by atoms with Crippen LogP contribution in [0, 0.1) is 5.82 Å². The second-order valence-electron chi connectivity index (χ2n) is 8.76. The van der Waals surface area contributed by atoms with E-state index in [0.29, 0.717) is 68.0 Å². The third kappa shape index (κ3) is 5.86. The Labute approximate surface area is 215 Å². The fraction of sp³-hybridized carbons (Fsp3) is 0.458. The number of nitrogens with zero attached hydrogens (tertiary/aromatic N) is 5. The molecule has 0 N–H and O–H groups in total. The number of sulfone groups is 1. The Bertz CT molecular complexity index is 1210. The van der Waals surface area contributed by atoms with E-state index in [1.165, 1.54) is 12.1 Å². The highest BCUT2D eigenvalue weighted by molar-refractivity contribution is 7.92. The first-order chi connectivity index (χ1) is 17.4. The number of carbonyl (C=O) groups is 1. The molecule has 3 atom stereocenters. The molecule has 2 aromatic rings. The van der Waals surface area contributed by atoms with Crippen molar-refractivity contribution in [2.75, 3.05) is 36.2 Å². The summed E-state index contributed by atoms with van der Waals surface area (Å²) in [6.07, 6.45) is 6.93. The van der Waals surface area contributed by atoms with Crippen LogP contribution in [-0.4, -0.2) is 83.6 Å². The molecule has 36 heavy (non-hydrogen) atoms. The largest absolute Gasteiger partial charge is 0.344 e. The highest BCUT2D eigenvalue weighted by atomic mass is 35.5. The molecule has 0 aliphatic carbocycles. The molecular formula is C24H29ClFN5O4S. The standard InChI is InChI=1S/C24H29ClFN5O4S/c1-2-12-36(33,34)24-13-18(6-10-29(24)9-3-7-25)21-5-4-19(14-22(21)26)31-16-20(35-23(31)17-32)15-30-11-8-27-28-30/h2,4-5,8,11,13-14,17,20,23-24H,1,3,6-7,9-10,12,15-16H2/t20-,23?,24?/m0/s1. The SMILES string of the molecule is C=CCS(=O)(=O)C1C=C(c2ccc(N3C[C@H](Cn4ccnn4)OC3C=O)cc2F)CCN1CCCCl. The van der Waals surface area contributed by atoms with Gasteiger partial charge >= 0.3 is 0 Å². The number of ether oxygens (including phenoxy) is 1. The summed E-state index contributed by atoms with van der Waals surface area (Å²) in [6, 6.07) is 4.72. The Morgan fingerprint density at radius 2 is 2.17 bits per heavy atom. The van der Waals surface area contributed by atoms with Crippen LogP contribution in [0.4, 0.5) is 10.1 Å². The molecule has 0 saturated carbocycles. The molecule has 1 fully saturated rings. The maximum Gasteiger partial charge on any atom is 0.187 e. The fourth-order valence-corrected chi connectivity index (χ4v) is 6.33. The predicted octanol–water partition coefficient (Wildman–Crippen LogP) is 2.49. The lowest BCUT2D eigenvalue weighted by molar-refractivity contribution is -0.117. The van der Waals surface area contributed by atoms with Crippen molar-refractivity contribution in [3.05, 3.63) is 60.7 Å². The first-order valence-corrected chi connectivity index (χ1v) is 14.0. The van der Waals surface area contributed by atoms with E-state index >= 15 is 4.39 Å². The molecule has 9 nitrogen and oxygen atoms in total. The number of aldehydes is 1. The number of benzene rings is 1. The van der Waals surface area contributed by atoms with Crippen LogP contribution in [0.5, 0.6) is 0 Å². The summed E-state index contributed by atoms with van der Waals surface area (Å²) < 4.78 is 48.6. The van der Waals surface area contributed by atoms with Gasteiger partial charge in [-0.15, -0.1) is 23.3 Å².